The molecular weight excluding hydrogens is 446 g/mol. The van der Waals surface area contributed by atoms with Crippen molar-refractivity contribution in [3.63, 3.8) is 0 Å². The van der Waals surface area contributed by atoms with Crippen LogP contribution in [0.25, 0.3) is 11.4 Å². The fraction of sp³-hybridized carbons (Fsp3) is 0.231. The lowest BCUT2D eigenvalue weighted by Gasteiger charge is -2.30. The Hall–Kier alpha value is -3.49. The number of pyridine rings is 1. The molecule has 7 nitrogen and oxygen atoms in total. The Morgan fingerprint density at radius 2 is 1.59 bits per heavy atom. The van der Waals surface area contributed by atoms with Gasteiger partial charge in [-0.3, -0.25) is 14.3 Å². The number of morpholine rings is 1. The van der Waals surface area contributed by atoms with Crippen LogP contribution in [0.5, 0.6) is 0 Å². The van der Waals surface area contributed by atoms with Gasteiger partial charge >= 0.3 is 0 Å². The van der Waals surface area contributed by atoms with Gasteiger partial charge < -0.3 is 9.64 Å². The molecule has 172 valence electrons. The van der Waals surface area contributed by atoms with Crippen molar-refractivity contribution in [1.29, 1.82) is 0 Å². The van der Waals surface area contributed by atoms with Crippen molar-refractivity contribution < 1.29 is 9.53 Å². The molecule has 8 heteroatoms. The first-order chi connectivity index (χ1) is 16.8. The van der Waals surface area contributed by atoms with E-state index in [-0.39, 0.29) is 5.91 Å². The lowest BCUT2D eigenvalue weighted by Crippen LogP contribution is -2.42. The molecule has 1 saturated heterocycles. The van der Waals surface area contributed by atoms with Crippen molar-refractivity contribution >= 4 is 17.7 Å². The Morgan fingerprint density at radius 3 is 2.29 bits per heavy atom. The molecule has 1 amide bonds. The van der Waals surface area contributed by atoms with Crippen LogP contribution < -0.4 is 0 Å². The minimum absolute atomic E-state index is 0.0687. The van der Waals surface area contributed by atoms with E-state index in [1.54, 1.807) is 12.4 Å². The first-order valence-electron chi connectivity index (χ1n) is 11.3. The zero-order valence-electron chi connectivity index (χ0n) is 18.7. The summed E-state index contributed by atoms with van der Waals surface area (Å²) >= 11 is 1.45. The third kappa shape index (κ3) is 5.03. The average molecular weight is 472 g/mol. The van der Waals surface area contributed by atoms with Crippen LogP contribution in [0.4, 0.5) is 0 Å². The van der Waals surface area contributed by atoms with Gasteiger partial charge in [-0.05, 0) is 23.3 Å². The van der Waals surface area contributed by atoms with E-state index in [9.17, 15) is 4.79 Å². The molecule has 0 spiro atoms. The predicted octanol–water partition coefficient (Wildman–Crippen LogP) is 4.08. The molecule has 5 rings (SSSR count). The van der Waals surface area contributed by atoms with Crippen molar-refractivity contribution in [2.45, 2.75) is 17.0 Å². The molecule has 2 aromatic carbocycles. The highest BCUT2D eigenvalue weighted by atomic mass is 32.2. The summed E-state index contributed by atoms with van der Waals surface area (Å²) in [5, 5.41) is 9.33. The maximum Gasteiger partial charge on any atom is 0.240 e. The smallest absolute Gasteiger partial charge is 0.240 e. The maximum absolute atomic E-state index is 13.6. The highest BCUT2D eigenvalue weighted by Gasteiger charge is 2.30. The summed E-state index contributed by atoms with van der Waals surface area (Å²) in [6.45, 7) is 2.92. The quantitative estimate of drug-likeness (QED) is 0.378. The summed E-state index contributed by atoms with van der Waals surface area (Å²) in [5.41, 5.74) is 3.01. The van der Waals surface area contributed by atoms with E-state index < -0.39 is 5.25 Å². The summed E-state index contributed by atoms with van der Waals surface area (Å²) in [6.07, 6.45) is 3.50. The number of thioether (sulfide) groups is 1. The van der Waals surface area contributed by atoms with Gasteiger partial charge in [0.05, 0.1) is 19.8 Å². The van der Waals surface area contributed by atoms with E-state index in [1.165, 1.54) is 11.8 Å². The molecule has 0 saturated carbocycles. The molecule has 4 aromatic rings. The topological polar surface area (TPSA) is 73.1 Å². The molecule has 0 aliphatic carbocycles. The van der Waals surface area contributed by atoms with Crippen LogP contribution in [0.2, 0.25) is 0 Å². The summed E-state index contributed by atoms with van der Waals surface area (Å²) in [5.74, 6) is 0.818. The number of carbonyl (C=O) groups is 1. The van der Waals surface area contributed by atoms with E-state index in [1.807, 2.05) is 65.6 Å². The van der Waals surface area contributed by atoms with Crippen molar-refractivity contribution in [3.8, 4) is 11.4 Å². The molecule has 1 aliphatic rings. The monoisotopic (exact) mass is 471 g/mol. The van der Waals surface area contributed by atoms with Crippen LogP contribution in [0.3, 0.4) is 0 Å². The van der Waals surface area contributed by atoms with Crippen LogP contribution in [-0.2, 0) is 16.1 Å². The number of ether oxygens (including phenoxy) is 1. The minimum atomic E-state index is -0.427. The van der Waals surface area contributed by atoms with Gasteiger partial charge in [0.1, 0.15) is 5.25 Å². The minimum Gasteiger partial charge on any atom is -0.378 e. The van der Waals surface area contributed by atoms with E-state index >= 15 is 0 Å². The van der Waals surface area contributed by atoms with E-state index in [2.05, 4.69) is 31.9 Å². The van der Waals surface area contributed by atoms with Gasteiger partial charge in [-0.15, -0.1) is 10.2 Å². The molecule has 1 fully saturated rings. The average Bonchev–Trinajstić information content (AvgIpc) is 3.31. The second kappa shape index (κ2) is 10.6. The number of aromatic nitrogens is 4. The van der Waals surface area contributed by atoms with Crippen LogP contribution >= 0.6 is 11.8 Å². The SMILES string of the molecule is O=C([C@@H](Sc1nnc(-c2ccncc2)n1Cc1ccccc1)c1ccccc1)N1CCOCC1. The maximum atomic E-state index is 13.6. The lowest BCUT2D eigenvalue weighted by atomic mass is 10.1. The van der Waals surface area contributed by atoms with E-state index in [0.29, 0.717) is 38.0 Å². The van der Waals surface area contributed by atoms with E-state index in [0.717, 1.165) is 22.5 Å². The molecule has 1 aliphatic heterocycles. The van der Waals surface area contributed by atoms with Gasteiger partial charge in [0.25, 0.3) is 0 Å². The second-order valence-electron chi connectivity index (χ2n) is 7.96. The van der Waals surface area contributed by atoms with Crippen LogP contribution in [-0.4, -0.2) is 56.9 Å². The number of nitrogens with zero attached hydrogens (tertiary/aromatic N) is 5. The van der Waals surface area contributed by atoms with Crippen molar-refractivity contribution in [2.75, 3.05) is 26.3 Å². The van der Waals surface area contributed by atoms with E-state index in [4.69, 9.17) is 4.74 Å². The Morgan fingerprint density at radius 1 is 0.912 bits per heavy atom. The van der Waals surface area contributed by atoms with Crippen LogP contribution in [0.15, 0.2) is 90.3 Å². The normalized spacial score (nSPS) is 14.6. The van der Waals surface area contributed by atoms with Gasteiger partial charge in [-0.1, -0.05) is 72.4 Å². The summed E-state index contributed by atoms with van der Waals surface area (Å²) in [4.78, 5) is 19.6. The summed E-state index contributed by atoms with van der Waals surface area (Å²) in [6, 6.07) is 23.9. The number of hydrogen-bond donors (Lipinski definition) is 0. The van der Waals surface area contributed by atoms with Gasteiger partial charge in [-0.2, -0.15) is 0 Å². The van der Waals surface area contributed by atoms with Crippen molar-refractivity contribution in [2.24, 2.45) is 0 Å². The molecule has 2 aromatic heterocycles. The molecule has 0 radical (unpaired) electrons. The number of amides is 1. The summed E-state index contributed by atoms with van der Waals surface area (Å²) in [7, 11) is 0. The molecule has 34 heavy (non-hydrogen) atoms. The molecule has 3 heterocycles. The highest BCUT2D eigenvalue weighted by molar-refractivity contribution is 8.00. The third-order valence-electron chi connectivity index (χ3n) is 5.71. The molecular formula is C26H25N5O2S. The Kier molecular flexibility index (Phi) is 6.97. The Bertz CT molecular complexity index is 1210. The second-order valence-corrected chi connectivity index (χ2v) is 9.03. The number of benzene rings is 2. The van der Waals surface area contributed by atoms with Gasteiger partial charge in [-0.25, -0.2) is 0 Å². The van der Waals surface area contributed by atoms with Gasteiger partial charge in [0.15, 0.2) is 11.0 Å². The Labute approximate surface area is 202 Å². The molecule has 0 N–H and O–H groups in total. The standard InChI is InChI=1S/C26H25N5O2S/c32-25(30-15-17-33-18-16-30)23(21-9-5-2-6-10-21)34-26-29-28-24(22-11-13-27-14-12-22)31(26)19-20-7-3-1-4-8-20/h1-14,23H,15-19H2/t23-/m0/s1. The van der Waals surface area contributed by atoms with Crippen molar-refractivity contribution in [3.05, 3.63) is 96.3 Å². The zero-order valence-corrected chi connectivity index (χ0v) is 19.5. The lowest BCUT2D eigenvalue weighted by molar-refractivity contribution is -0.134. The van der Waals surface area contributed by atoms with Gasteiger partial charge in [0.2, 0.25) is 5.91 Å². The largest absolute Gasteiger partial charge is 0.378 e. The van der Waals surface area contributed by atoms with Crippen LogP contribution in [0, 0.1) is 0 Å². The van der Waals surface area contributed by atoms with Crippen LogP contribution in [0.1, 0.15) is 16.4 Å². The fourth-order valence-electron chi connectivity index (χ4n) is 3.94. The number of hydrogen-bond acceptors (Lipinski definition) is 6. The van der Waals surface area contributed by atoms with Gasteiger partial charge in [0, 0.05) is 31.0 Å². The summed E-state index contributed by atoms with van der Waals surface area (Å²) < 4.78 is 7.54. The first-order valence-corrected chi connectivity index (χ1v) is 12.1. The molecule has 0 bridgehead atoms. The number of carbonyl (C=O) groups excluding carboxylic acids is 1. The molecule has 0 unspecified atom stereocenters. The highest BCUT2D eigenvalue weighted by Crippen LogP contribution is 2.37. The zero-order chi connectivity index (χ0) is 23.2. The fourth-order valence-corrected chi connectivity index (χ4v) is 5.06. The predicted molar refractivity (Wildman–Crippen MR) is 131 cm³/mol. The molecule has 1 atom stereocenters. The van der Waals surface area contributed by atoms with Crippen molar-refractivity contribution in [1.82, 2.24) is 24.6 Å². The first kappa shape index (κ1) is 22.3. The number of rotatable bonds is 7. The third-order valence-corrected chi connectivity index (χ3v) is 6.93. The Balaban J connectivity index is 1.52.